The highest BCUT2D eigenvalue weighted by molar-refractivity contribution is 5.87. The monoisotopic (exact) mass is 530 g/mol. The topological polar surface area (TPSA) is 15.0 Å². The van der Waals surface area contributed by atoms with Crippen LogP contribution in [0.25, 0.3) is 33.4 Å². The van der Waals surface area contributed by atoms with Crippen LogP contribution in [0.5, 0.6) is 0 Å². The molecule has 2 heteroatoms. The molecule has 0 saturated carbocycles. The molecule has 5 aromatic rings. The number of nitrogens with one attached hydrogen (secondary N) is 1. The lowest BCUT2D eigenvalue weighted by Crippen LogP contribution is -2.04. The Balaban J connectivity index is 1.23. The van der Waals surface area contributed by atoms with E-state index in [1.54, 1.807) is 0 Å². The zero-order valence-corrected chi connectivity index (χ0v) is 23.4. The lowest BCUT2D eigenvalue weighted by atomic mass is 9.94. The van der Waals surface area contributed by atoms with Crippen molar-refractivity contribution in [3.8, 4) is 33.4 Å². The smallest absolute Gasteiger partial charge is 0.0719 e. The second kappa shape index (κ2) is 11.0. The Hall–Kier alpha value is -4.82. The summed E-state index contributed by atoms with van der Waals surface area (Å²) in [5.74, 6) is 0.544. The Kier molecular flexibility index (Phi) is 6.74. The van der Waals surface area contributed by atoms with Gasteiger partial charge in [0.2, 0.25) is 0 Å². The number of nitrogens with zero attached hydrogens (tertiary/aromatic N) is 1. The first-order valence-electron chi connectivity index (χ1n) is 14.6. The van der Waals surface area contributed by atoms with Crippen molar-refractivity contribution in [1.82, 2.24) is 0 Å². The maximum absolute atomic E-state index is 3.71. The largest absolute Gasteiger partial charge is 0.360 e. The van der Waals surface area contributed by atoms with Gasteiger partial charge in [-0.15, -0.1) is 0 Å². The molecule has 1 N–H and O–H groups in total. The van der Waals surface area contributed by atoms with Gasteiger partial charge in [-0.25, -0.2) is 0 Å². The molecule has 5 aromatic carbocycles. The molecule has 2 aliphatic rings. The molecule has 0 bridgehead atoms. The molecule has 1 fully saturated rings. The molecule has 1 aliphatic carbocycles. The summed E-state index contributed by atoms with van der Waals surface area (Å²) in [6.45, 7) is 3.32. The van der Waals surface area contributed by atoms with Crippen molar-refractivity contribution in [2.45, 2.75) is 19.4 Å². The highest BCUT2D eigenvalue weighted by Crippen LogP contribution is 2.45. The number of hydrogen-bond donors (Lipinski definition) is 1. The molecule has 0 aromatic heterocycles. The molecule has 0 radical (unpaired) electrons. The van der Waals surface area contributed by atoms with Crippen LogP contribution in [-0.4, -0.2) is 6.54 Å². The van der Waals surface area contributed by atoms with Gasteiger partial charge in [0, 0.05) is 34.7 Å². The van der Waals surface area contributed by atoms with Crippen molar-refractivity contribution in [3.05, 3.63) is 157 Å². The molecule has 0 amide bonds. The van der Waals surface area contributed by atoms with Crippen molar-refractivity contribution in [3.63, 3.8) is 0 Å². The maximum Gasteiger partial charge on any atom is 0.0719 e. The van der Waals surface area contributed by atoms with Crippen LogP contribution in [0, 0.1) is 5.92 Å². The minimum Gasteiger partial charge on any atom is -0.360 e. The van der Waals surface area contributed by atoms with Gasteiger partial charge >= 0.3 is 0 Å². The van der Waals surface area contributed by atoms with E-state index in [0.717, 1.165) is 24.4 Å². The highest BCUT2D eigenvalue weighted by Gasteiger charge is 2.36. The Morgan fingerprint density at radius 1 is 0.634 bits per heavy atom. The molecule has 2 nitrogen and oxygen atoms in total. The lowest BCUT2D eigenvalue weighted by Gasteiger charge is -2.18. The van der Waals surface area contributed by atoms with Crippen LogP contribution in [0.1, 0.15) is 24.9 Å². The second-order valence-electron chi connectivity index (χ2n) is 11.2. The van der Waals surface area contributed by atoms with Crippen molar-refractivity contribution in [1.29, 1.82) is 0 Å². The van der Waals surface area contributed by atoms with Crippen LogP contribution >= 0.6 is 0 Å². The number of rotatable bonds is 7. The zero-order valence-electron chi connectivity index (χ0n) is 23.4. The van der Waals surface area contributed by atoms with Gasteiger partial charge in [-0.3, -0.25) is 0 Å². The molecular formula is C39H34N2. The fourth-order valence-electron chi connectivity index (χ4n) is 5.97. The normalized spacial score (nSPS) is 17.7. The van der Waals surface area contributed by atoms with E-state index in [4.69, 9.17) is 0 Å². The van der Waals surface area contributed by atoms with Crippen molar-refractivity contribution >= 4 is 11.4 Å². The van der Waals surface area contributed by atoms with Crippen molar-refractivity contribution in [2.24, 2.45) is 5.92 Å². The number of benzene rings is 5. The van der Waals surface area contributed by atoms with Gasteiger partial charge in [-0.1, -0.05) is 122 Å². The molecular weight excluding hydrogens is 496 g/mol. The quantitative estimate of drug-likeness (QED) is 0.211. The van der Waals surface area contributed by atoms with Gasteiger partial charge in [0.05, 0.1) is 6.04 Å². The standard InChI is InChI=1S/C39H34N2/c1-28-12-10-19-34(24-28)40-37-23-22-32(26-36(37)29-13-4-2-5-14-29)31-17-11-18-33(25-31)35-20-8-9-21-38(35)41-27-39(41)30-15-6-3-7-16-30/h2-11,13-26,28,39-40H,12,27H2,1H3/t28?,39-,41?/m1/s1. The first kappa shape index (κ1) is 25.2. The van der Waals surface area contributed by atoms with Crippen LogP contribution in [0.2, 0.25) is 0 Å². The van der Waals surface area contributed by atoms with Gasteiger partial charge < -0.3 is 10.2 Å². The van der Waals surface area contributed by atoms with Crippen LogP contribution in [0.3, 0.4) is 0 Å². The summed E-state index contributed by atoms with van der Waals surface area (Å²) >= 11 is 0. The van der Waals surface area contributed by atoms with Crippen LogP contribution in [0.4, 0.5) is 11.4 Å². The predicted octanol–water partition coefficient (Wildman–Crippen LogP) is 10.1. The molecule has 1 saturated heterocycles. The van der Waals surface area contributed by atoms with Gasteiger partial charge in [0.25, 0.3) is 0 Å². The molecule has 7 rings (SSSR count). The molecule has 200 valence electrons. The average molecular weight is 531 g/mol. The van der Waals surface area contributed by atoms with Gasteiger partial charge in [-0.05, 0) is 70.5 Å². The number of para-hydroxylation sites is 1. The minimum atomic E-state index is 0.450. The number of hydrogen-bond acceptors (Lipinski definition) is 2. The van der Waals surface area contributed by atoms with Crippen LogP contribution < -0.4 is 10.2 Å². The van der Waals surface area contributed by atoms with E-state index in [1.165, 1.54) is 44.6 Å². The van der Waals surface area contributed by atoms with Crippen molar-refractivity contribution in [2.75, 3.05) is 16.8 Å². The van der Waals surface area contributed by atoms with E-state index in [-0.39, 0.29) is 0 Å². The van der Waals surface area contributed by atoms with E-state index >= 15 is 0 Å². The lowest BCUT2D eigenvalue weighted by molar-refractivity contribution is 0.730. The van der Waals surface area contributed by atoms with Gasteiger partial charge in [0.15, 0.2) is 0 Å². The van der Waals surface area contributed by atoms with E-state index in [9.17, 15) is 0 Å². The van der Waals surface area contributed by atoms with E-state index < -0.39 is 0 Å². The predicted molar refractivity (Wildman–Crippen MR) is 174 cm³/mol. The second-order valence-corrected chi connectivity index (χ2v) is 11.2. The first-order valence-corrected chi connectivity index (χ1v) is 14.6. The molecule has 0 spiro atoms. The molecule has 1 heterocycles. The highest BCUT2D eigenvalue weighted by atomic mass is 15.3. The van der Waals surface area contributed by atoms with Gasteiger partial charge in [0.1, 0.15) is 0 Å². The van der Waals surface area contributed by atoms with E-state index in [2.05, 4.69) is 163 Å². The molecule has 41 heavy (non-hydrogen) atoms. The third kappa shape index (κ3) is 5.34. The molecule has 2 atom stereocenters. The van der Waals surface area contributed by atoms with Crippen LogP contribution in [0.15, 0.2) is 151 Å². The summed E-state index contributed by atoms with van der Waals surface area (Å²) in [5.41, 5.74) is 12.3. The number of anilines is 2. The SMILES string of the molecule is CC1C=C(Nc2ccc(-c3cccc(-c4ccccc4N4C[C@@H]4c4ccccc4)c3)cc2-c2ccccc2)C=CC1. The first-order chi connectivity index (χ1) is 20.2. The summed E-state index contributed by atoms with van der Waals surface area (Å²) in [6, 6.07) is 46.6. The minimum absolute atomic E-state index is 0.450. The Morgan fingerprint density at radius 2 is 1.34 bits per heavy atom. The van der Waals surface area contributed by atoms with E-state index in [0.29, 0.717) is 12.0 Å². The zero-order chi connectivity index (χ0) is 27.6. The molecule has 1 unspecified atom stereocenters. The Morgan fingerprint density at radius 3 is 2.17 bits per heavy atom. The Bertz CT molecular complexity index is 1730. The third-order valence-corrected chi connectivity index (χ3v) is 8.17. The Labute approximate surface area is 243 Å². The number of allylic oxidation sites excluding steroid dienone is 3. The summed E-state index contributed by atoms with van der Waals surface area (Å²) in [4.78, 5) is 2.50. The summed E-state index contributed by atoms with van der Waals surface area (Å²) < 4.78 is 0. The maximum atomic E-state index is 3.71. The van der Waals surface area contributed by atoms with Crippen molar-refractivity contribution < 1.29 is 0 Å². The fraction of sp³-hybridized carbons (Fsp3) is 0.128. The van der Waals surface area contributed by atoms with Crippen LogP contribution in [-0.2, 0) is 0 Å². The molecule has 1 aliphatic heterocycles. The van der Waals surface area contributed by atoms with E-state index in [1.807, 2.05) is 0 Å². The summed E-state index contributed by atoms with van der Waals surface area (Å²) in [5, 5.41) is 3.71. The van der Waals surface area contributed by atoms with Gasteiger partial charge in [-0.2, -0.15) is 0 Å². The summed E-state index contributed by atoms with van der Waals surface area (Å²) in [6.07, 6.45) is 7.87. The summed E-state index contributed by atoms with van der Waals surface area (Å²) in [7, 11) is 0. The average Bonchev–Trinajstić information content (AvgIpc) is 3.83. The third-order valence-electron chi connectivity index (χ3n) is 8.17. The fourth-order valence-corrected chi connectivity index (χ4v) is 5.97.